The maximum absolute atomic E-state index is 13.3. The lowest BCUT2D eigenvalue weighted by molar-refractivity contribution is -0.128. The summed E-state index contributed by atoms with van der Waals surface area (Å²) >= 11 is 0. The van der Waals surface area contributed by atoms with E-state index in [1.54, 1.807) is 26.2 Å². The van der Waals surface area contributed by atoms with Crippen molar-refractivity contribution < 1.29 is 17.9 Å². The van der Waals surface area contributed by atoms with Crippen molar-refractivity contribution in [3.8, 4) is 0 Å². The molecule has 2 aliphatic heterocycles. The average molecular weight is 396 g/mol. The number of benzene rings is 1. The fourth-order valence-electron chi connectivity index (χ4n) is 4.05. The van der Waals surface area contributed by atoms with Gasteiger partial charge in [-0.25, -0.2) is 8.42 Å². The number of piperidine rings is 1. The first kappa shape index (κ1) is 20.3. The molecule has 1 fully saturated rings. The van der Waals surface area contributed by atoms with Crippen LogP contribution in [-0.4, -0.2) is 69.0 Å². The molecule has 0 radical (unpaired) electrons. The zero-order chi connectivity index (χ0) is 19.6. The Hall–Kier alpha value is -1.48. The molecule has 3 rings (SSSR count). The van der Waals surface area contributed by atoms with Gasteiger partial charge in [-0.3, -0.25) is 4.79 Å². The predicted octanol–water partition coefficient (Wildman–Crippen LogP) is 0.761. The molecule has 8 heteroatoms. The number of amides is 1. The van der Waals surface area contributed by atoms with Gasteiger partial charge in [-0.05, 0) is 48.9 Å². The van der Waals surface area contributed by atoms with Crippen LogP contribution < -0.4 is 5.73 Å². The number of nitrogens with zero attached hydrogens (tertiary/aromatic N) is 2. The molecule has 2 unspecified atom stereocenters. The minimum atomic E-state index is -3.61. The van der Waals surface area contributed by atoms with Gasteiger partial charge in [0.05, 0.1) is 11.0 Å². The van der Waals surface area contributed by atoms with E-state index in [1.165, 1.54) is 4.31 Å². The quantitative estimate of drug-likeness (QED) is 0.813. The fraction of sp³-hybridized carbons (Fsp3) is 0.632. The molecule has 0 aliphatic carbocycles. The minimum absolute atomic E-state index is 0.0506. The van der Waals surface area contributed by atoms with Crippen LogP contribution in [0.25, 0.3) is 0 Å². The Labute approximate surface area is 161 Å². The SMILES string of the molecule is COC1CCN(S(=O)(=O)c2ccc3c(c2)CCN(C(C)=O)CC3)C(CN)C1. The number of hydrogen-bond acceptors (Lipinski definition) is 5. The number of hydrogen-bond donors (Lipinski definition) is 1. The van der Waals surface area contributed by atoms with Crippen molar-refractivity contribution in [3.05, 3.63) is 29.3 Å². The van der Waals surface area contributed by atoms with Crippen LogP contribution in [0.15, 0.2) is 23.1 Å². The van der Waals surface area contributed by atoms with Crippen molar-refractivity contribution >= 4 is 15.9 Å². The Morgan fingerprint density at radius 3 is 2.56 bits per heavy atom. The summed E-state index contributed by atoms with van der Waals surface area (Å²) in [6, 6.07) is 5.11. The third-order valence-corrected chi connectivity index (χ3v) is 7.70. The van der Waals surface area contributed by atoms with E-state index in [-0.39, 0.29) is 24.6 Å². The molecular weight excluding hydrogens is 366 g/mol. The van der Waals surface area contributed by atoms with Crippen LogP contribution in [0.2, 0.25) is 0 Å². The maximum atomic E-state index is 13.3. The topological polar surface area (TPSA) is 92.9 Å². The van der Waals surface area contributed by atoms with Gasteiger partial charge in [-0.2, -0.15) is 4.31 Å². The van der Waals surface area contributed by atoms with Gasteiger partial charge in [-0.1, -0.05) is 6.07 Å². The van der Waals surface area contributed by atoms with Crippen LogP contribution in [-0.2, 0) is 32.4 Å². The molecular formula is C19H29N3O4S. The highest BCUT2D eigenvalue weighted by Gasteiger charge is 2.36. The number of carbonyl (C=O) groups is 1. The Balaban J connectivity index is 1.85. The number of nitrogens with two attached hydrogens (primary N) is 1. The van der Waals surface area contributed by atoms with Gasteiger partial charge < -0.3 is 15.4 Å². The van der Waals surface area contributed by atoms with Crippen LogP contribution in [0.4, 0.5) is 0 Å². The third kappa shape index (κ3) is 4.18. The van der Waals surface area contributed by atoms with E-state index in [0.29, 0.717) is 43.8 Å². The van der Waals surface area contributed by atoms with Gasteiger partial charge in [0.1, 0.15) is 0 Å². The first-order valence-corrected chi connectivity index (χ1v) is 10.9. The Morgan fingerprint density at radius 2 is 1.93 bits per heavy atom. The number of sulfonamides is 1. The highest BCUT2D eigenvalue weighted by molar-refractivity contribution is 7.89. The van der Waals surface area contributed by atoms with Gasteiger partial charge in [0, 0.05) is 46.3 Å². The molecule has 0 spiro atoms. The Kier molecular flexibility index (Phi) is 6.20. The van der Waals surface area contributed by atoms with Gasteiger partial charge in [0.15, 0.2) is 0 Å². The summed E-state index contributed by atoms with van der Waals surface area (Å²) in [5.74, 6) is 0.0578. The number of methoxy groups -OCH3 is 1. The van der Waals surface area contributed by atoms with Gasteiger partial charge in [0.2, 0.25) is 15.9 Å². The molecule has 0 bridgehead atoms. The molecule has 1 amide bonds. The normalized spacial score (nSPS) is 24.3. The molecule has 2 aliphatic rings. The standard InChI is InChI=1S/C19H29N3O4S/c1-14(23)21-8-5-15-3-4-19(11-16(15)6-9-21)27(24,25)22-10-7-18(26-2)12-17(22)13-20/h3-4,11,17-18H,5-10,12-13,20H2,1-2H3. The number of rotatable bonds is 4. The predicted molar refractivity (Wildman–Crippen MR) is 103 cm³/mol. The van der Waals surface area contributed by atoms with E-state index in [4.69, 9.17) is 10.5 Å². The molecule has 2 N–H and O–H groups in total. The second kappa shape index (κ2) is 8.26. The van der Waals surface area contributed by atoms with E-state index in [9.17, 15) is 13.2 Å². The van der Waals surface area contributed by atoms with Gasteiger partial charge in [-0.15, -0.1) is 0 Å². The van der Waals surface area contributed by atoms with E-state index < -0.39 is 10.0 Å². The first-order chi connectivity index (χ1) is 12.9. The largest absolute Gasteiger partial charge is 0.381 e. The van der Waals surface area contributed by atoms with Gasteiger partial charge in [0.25, 0.3) is 0 Å². The zero-order valence-electron chi connectivity index (χ0n) is 16.1. The molecule has 2 heterocycles. The summed E-state index contributed by atoms with van der Waals surface area (Å²) in [6.45, 7) is 3.56. The maximum Gasteiger partial charge on any atom is 0.243 e. The third-order valence-electron chi connectivity index (χ3n) is 5.75. The molecule has 0 aromatic heterocycles. The van der Waals surface area contributed by atoms with Crippen molar-refractivity contribution in [2.75, 3.05) is 33.3 Å². The summed E-state index contributed by atoms with van der Waals surface area (Å²) in [5, 5.41) is 0. The smallest absolute Gasteiger partial charge is 0.243 e. The fourth-order valence-corrected chi connectivity index (χ4v) is 5.76. The number of carbonyl (C=O) groups excluding carboxylic acids is 1. The van der Waals surface area contributed by atoms with E-state index >= 15 is 0 Å². The molecule has 1 saturated heterocycles. The van der Waals surface area contributed by atoms with Crippen LogP contribution in [0.1, 0.15) is 30.9 Å². The second-order valence-electron chi connectivity index (χ2n) is 7.32. The number of fused-ring (bicyclic) bond motifs is 1. The molecule has 0 saturated carbocycles. The van der Waals surface area contributed by atoms with E-state index in [1.807, 2.05) is 11.0 Å². The second-order valence-corrected chi connectivity index (χ2v) is 9.21. The van der Waals surface area contributed by atoms with Crippen LogP contribution >= 0.6 is 0 Å². The lowest BCUT2D eigenvalue weighted by Crippen LogP contribution is -2.51. The van der Waals surface area contributed by atoms with Crippen molar-refractivity contribution in [3.63, 3.8) is 0 Å². The molecule has 150 valence electrons. The van der Waals surface area contributed by atoms with Crippen molar-refractivity contribution in [2.24, 2.45) is 5.73 Å². The van der Waals surface area contributed by atoms with Crippen molar-refractivity contribution in [1.82, 2.24) is 9.21 Å². The monoisotopic (exact) mass is 395 g/mol. The molecule has 2 atom stereocenters. The van der Waals surface area contributed by atoms with Gasteiger partial charge >= 0.3 is 0 Å². The molecule has 7 nitrogen and oxygen atoms in total. The first-order valence-electron chi connectivity index (χ1n) is 9.48. The summed E-state index contributed by atoms with van der Waals surface area (Å²) in [6.07, 6.45) is 2.76. The minimum Gasteiger partial charge on any atom is -0.381 e. The van der Waals surface area contributed by atoms with E-state index in [0.717, 1.165) is 17.5 Å². The Bertz CT molecular complexity index is 796. The molecule has 27 heavy (non-hydrogen) atoms. The van der Waals surface area contributed by atoms with E-state index in [2.05, 4.69) is 0 Å². The number of ether oxygens (including phenoxy) is 1. The lowest BCUT2D eigenvalue weighted by atomic mass is 10.0. The Morgan fingerprint density at radius 1 is 1.22 bits per heavy atom. The molecule has 1 aromatic rings. The van der Waals surface area contributed by atoms with Crippen molar-refractivity contribution in [1.29, 1.82) is 0 Å². The zero-order valence-corrected chi connectivity index (χ0v) is 16.9. The van der Waals surface area contributed by atoms with Crippen LogP contribution in [0.5, 0.6) is 0 Å². The van der Waals surface area contributed by atoms with Crippen molar-refractivity contribution in [2.45, 2.75) is 49.6 Å². The lowest BCUT2D eigenvalue weighted by Gasteiger charge is -2.37. The highest BCUT2D eigenvalue weighted by Crippen LogP contribution is 2.28. The summed E-state index contributed by atoms with van der Waals surface area (Å²) in [4.78, 5) is 13.8. The summed E-state index contributed by atoms with van der Waals surface area (Å²) < 4.78 is 33.5. The van der Waals surface area contributed by atoms with Crippen LogP contribution in [0, 0.1) is 0 Å². The van der Waals surface area contributed by atoms with Crippen LogP contribution in [0.3, 0.4) is 0 Å². The highest BCUT2D eigenvalue weighted by atomic mass is 32.2. The summed E-state index contributed by atoms with van der Waals surface area (Å²) in [7, 11) is -1.96. The summed E-state index contributed by atoms with van der Waals surface area (Å²) in [5.41, 5.74) is 7.99. The molecule has 1 aromatic carbocycles. The average Bonchev–Trinajstić information content (AvgIpc) is 2.89.